The van der Waals surface area contributed by atoms with Crippen LogP contribution in [-0.4, -0.2) is 143 Å². The average Bonchev–Trinajstić information content (AvgIpc) is 4.03. The van der Waals surface area contributed by atoms with Gasteiger partial charge in [-0.1, -0.05) is 66.7 Å². The molecule has 18 nitrogen and oxygen atoms in total. The van der Waals surface area contributed by atoms with Gasteiger partial charge in [0, 0.05) is 55.9 Å². The van der Waals surface area contributed by atoms with Crippen LogP contribution in [0.15, 0.2) is 114 Å². The Morgan fingerprint density at radius 1 is 0.633 bits per heavy atom. The van der Waals surface area contributed by atoms with E-state index in [-0.39, 0.29) is 24.3 Å². The Kier molecular flexibility index (Phi) is 18.1. The zero-order chi connectivity index (χ0) is 56.8. The molecule has 4 aromatic heterocycles. The van der Waals surface area contributed by atoms with Crippen molar-refractivity contribution in [3.05, 3.63) is 137 Å². The van der Waals surface area contributed by atoms with Gasteiger partial charge in [-0.15, -0.1) is 0 Å². The van der Waals surface area contributed by atoms with Gasteiger partial charge in [0.25, 0.3) is 0 Å². The Balaban J connectivity index is 0.000000172. The second-order valence-corrected chi connectivity index (χ2v) is 38.5. The van der Waals surface area contributed by atoms with E-state index in [2.05, 4.69) is 131 Å². The molecular weight excluding hydrogens is 1170 g/mol. The summed E-state index contributed by atoms with van der Waals surface area (Å²) in [5.74, 6) is 2.01. The first-order valence-electron chi connectivity index (χ1n) is 26.8. The minimum Gasteiger partial charge on any atom is -0.444 e. The van der Waals surface area contributed by atoms with Crippen molar-refractivity contribution < 1.29 is 19.1 Å². The van der Waals surface area contributed by atoms with E-state index in [9.17, 15) is 9.59 Å². The summed E-state index contributed by atoms with van der Waals surface area (Å²) in [5, 5.41) is 16.9. The molecule has 0 spiro atoms. The number of piperazine rings is 2. The van der Waals surface area contributed by atoms with E-state index in [1.54, 1.807) is 16.0 Å². The minimum atomic E-state index is -1.90. The number of hydrogen-bond acceptors (Lipinski definition) is 14. The second kappa shape index (κ2) is 24.6. The molecule has 0 aliphatic carbocycles. The average molecular weight is 1240 g/mol. The van der Waals surface area contributed by atoms with Gasteiger partial charge in [-0.3, -0.25) is 5.10 Å². The largest absolute Gasteiger partial charge is 0.444 e. The number of anilines is 4. The number of nitrogens with one attached hydrogen (secondary N) is 2. The number of aryl methyl sites for hydroxylation is 2. The maximum atomic E-state index is 13.1. The third kappa shape index (κ3) is 15.2. The number of nitrogens with two attached hydrogens (primary N) is 2. The van der Waals surface area contributed by atoms with Crippen molar-refractivity contribution in [2.24, 2.45) is 0 Å². The number of fused-ring (bicyclic) bond motifs is 2. The van der Waals surface area contributed by atoms with E-state index in [0.717, 1.165) is 50.9 Å². The van der Waals surface area contributed by atoms with Crippen molar-refractivity contribution in [2.75, 3.05) is 60.5 Å². The van der Waals surface area contributed by atoms with Crippen LogP contribution in [0.5, 0.6) is 0 Å². The second-order valence-electron chi connectivity index (χ2n) is 23.2. The molecule has 2 saturated heterocycles. The molecule has 0 saturated carbocycles. The summed E-state index contributed by atoms with van der Waals surface area (Å²) >= 11 is 1.46. The molecule has 2 aliphatic heterocycles. The zero-order valence-electron chi connectivity index (χ0n) is 47.3. The molecule has 10 rings (SSSR count). The third-order valence-corrected chi connectivity index (χ3v) is 19.8. The fourth-order valence-electron chi connectivity index (χ4n) is 9.60. The predicted molar refractivity (Wildman–Crippen MR) is 322 cm³/mol. The molecule has 2 aliphatic rings. The van der Waals surface area contributed by atoms with E-state index in [4.69, 9.17) is 25.9 Å². The van der Waals surface area contributed by atoms with E-state index < -0.39 is 29.6 Å². The number of carbonyl (C=O) groups is 2. The number of ether oxygens (including phenoxy) is 2. The summed E-state index contributed by atoms with van der Waals surface area (Å²) in [4.78, 5) is 59.2. The molecule has 6 N–H and O–H groups in total. The Hall–Kier alpha value is -7.00. The Labute approximate surface area is 476 Å². The van der Waals surface area contributed by atoms with Gasteiger partial charge in [0.1, 0.15) is 15.8 Å². The molecule has 20 heteroatoms. The van der Waals surface area contributed by atoms with Crippen molar-refractivity contribution in [3.8, 4) is 11.3 Å². The first-order chi connectivity index (χ1) is 37.4. The number of halogens is 1. The zero-order valence-corrected chi connectivity index (χ0v) is 51.8. The molecule has 79 heavy (non-hydrogen) atoms. The van der Waals surface area contributed by atoms with E-state index in [0.29, 0.717) is 73.6 Å². The van der Waals surface area contributed by atoms with Gasteiger partial charge in [-0.2, -0.15) is 5.10 Å². The number of nitrogens with zero attached hydrogens (tertiary/aromatic N) is 10. The first-order valence-corrected chi connectivity index (χ1v) is 37.5. The van der Waals surface area contributed by atoms with Crippen LogP contribution in [0.4, 0.5) is 32.9 Å². The Morgan fingerprint density at radius 3 is 1.57 bits per heavy atom. The molecule has 8 aromatic rings. The number of H-pyrrole nitrogens is 2. The van der Waals surface area contributed by atoms with Crippen LogP contribution in [0.2, 0.25) is 14.8 Å². The van der Waals surface area contributed by atoms with Crippen LogP contribution in [0, 0.1) is 13.8 Å². The fraction of sp³-hybridized carbons (Fsp3) is 0.390. The number of aromatic amines is 2. The Morgan fingerprint density at radius 2 is 1.09 bits per heavy atom. The number of carbonyl (C=O) groups excluding carboxylic acids is 2. The van der Waals surface area contributed by atoms with Crippen molar-refractivity contribution >= 4 is 95.2 Å². The molecule has 416 valence electrons. The van der Waals surface area contributed by atoms with Gasteiger partial charge < -0.3 is 40.5 Å². The summed E-state index contributed by atoms with van der Waals surface area (Å²) in [7, 11) is 0. The van der Waals surface area contributed by atoms with Gasteiger partial charge in [0.05, 0.1) is 35.7 Å². The summed E-state index contributed by atoms with van der Waals surface area (Å²) in [6.07, 6.45) is 4.11. The van der Waals surface area contributed by atoms with Crippen molar-refractivity contribution in [1.29, 1.82) is 0 Å². The Bertz CT molecular complexity index is 3370. The van der Waals surface area contributed by atoms with Gasteiger partial charge in [0.15, 0.2) is 23.3 Å². The topological polar surface area (TPSA) is 227 Å². The van der Waals surface area contributed by atoms with Crippen molar-refractivity contribution in [3.63, 3.8) is 0 Å². The number of aromatic nitrogens is 8. The monoisotopic (exact) mass is 1240 g/mol. The van der Waals surface area contributed by atoms with Crippen LogP contribution < -0.4 is 24.8 Å². The first kappa shape index (κ1) is 58.2. The van der Waals surface area contributed by atoms with E-state index in [1.165, 1.54) is 11.1 Å². The standard InChI is InChI=1S/C28H33N7O2.C20H26BrN5O2.C8H7N2.3CH3.Sn/c1-18-22-15-20(10-11-23(22)33-32-18)24-16-30-25(29)26(31-24)34-12-13-35(27(36)37-28(2,3)4)21(17-34)14-19-8-6-5-7-9-19;1-20(2,3)28-19(27)26-10-9-25(18-17(22)23-12-16(21)24-18)13-15(26)11-14-7-5-4-6-8-14;1-6-7-4-2-3-5-8(7)10-9-6;;;;/h5-11,15-16,21H,12-14,17H2,1-4H3,(H2,29,30)(H,32,33);4-8,12,15H,9-11,13H2,1-3H3,(H2,22,23);3-5H,1H3,(H,9,10);3*1H3;/t21-;15-;;;;;/m00...../s1. The van der Waals surface area contributed by atoms with Gasteiger partial charge in [-0.05, 0) is 100 Å². The van der Waals surface area contributed by atoms with Gasteiger partial charge >= 0.3 is 101 Å². The van der Waals surface area contributed by atoms with Crippen LogP contribution in [0.3, 0.4) is 0 Å². The SMILES string of the molecule is CC(C)(C)OC(=O)N1CCN(c2nc(Br)cnc2N)C[C@@H]1Cc1ccccc1.Cc1[nH]nc2cc[c]([Sn]([CH3])([CH3])[CH3])cc12.Cc1[nH]nc2ccc(-c3cnc(N)c(N4CCN(C(=O)OC(C)(C)C)[C@@H](Cc5ccccc5)C4)n3)cc12. The maximum Gasteiger partial charge on any atom is 0.410 e. The van der Waals surface area contributed by atoms with Crippen LogP contribution in [0.1, 0.15) is 64.1 Å². The molecule has 2 fully saturated rings. The summed E-state index contributed by atoms with van der Waals surface area (Å²) in [6.45, 7) is 18.8. The van der Waals surface area contributed by atoms with Crippen LogP contribution in [-0.2, 0) is 22.3 Å². The number of amides is 2. The molecular formula is C59H75BrN14O4Sn. The molecule has 0 radical (unpaired) electrons. The number of nitrogen functional groups attached to an aromatic ring is 2. The minimum absolute atomic E-state index is 0.0637. The smallest absolute Gasteiger partial charge is 0.410 e. The van der Waals surface area contributed by atoms with Crippen molar-refractivity contribution in [1.82, 2.24) is 50.1 Å². The molecule has 0 bridgehead atoms. The quantitative estimate of drug-likeness (QED) is 0.104. The fourth-order valence-corrected chi connectivity index (χ4v) is 13.2. The van der Waals surface area contributed by atoms with Crippen LogP contribution >= 0.6 is 15.9 Å². The van der Waals surface area contributed by atoms with E-state index >= 15 is 0 Å². The molecule has 0 unspecified atom stereocenters. The normalized spacial score (nSPS) is 16.0. The summed E-state index contributed by atoms with van der Waals surface area (Å²) in [6, 6.07) is 32.9. The predicted octanol–water partition coefficient (Wildman–Crippen LogP) is 10.5. The maximum absolute atomic E-state index is 13.1. The molecule has 2 amide bonds. The van der Waals surface area contributed by atoms with E-state index in [1.807, 2.05) is 107 Å². The molecule has 4 aromatic carbocycles. The van der Waals surface area contributed by atoms with Crippen LogP contribution in [0.25, 0.3) is 33.1 Å². The number of rotatable bonds is 8. The van der Waals surface area contributed by atoms with Crippen molar-refractivity contribution in [2.45, 2.75) is 106 Å². The molecule has 6 heterocycles. The number of benzene rings is 4. The van der Waals surface area contributed by atoms with Gasteiger partial charge in [0.2, 0.25) is 0 Å². The van der Waals surface area contributed by atoms with Gasteiger partial charge in [-0.25, -0.2) is 29.5 Å². The number of hydrogen-bond donors (Lipinski definition) is 4. The summed E-state index contributed by atoms with van der Waals surface area (Å²) in [5.41, 5.74) is 19.5. The molecule has 2 atom stereocenters. The third-order valence-electron chi connectivity index (χ3n) is 13.6. The summed E-state index contributed by atoms with van der Waals surface area (Å²) < 4.78 is 13.6.